The molecule has 58 heavy (non-hydrogen) atoms. The summed E-state index contributed by atoms with van der Waals surface area (Å²) in [6.45, 7) is 6.41. The van der Waals surface area contributed by atoms with E-state index < -0.39 is 47.6 Å². The van der Waals surface area contributed by atoms with Crippen LogP contribution in [0, 0.1) is 17.8 Å². The number of carbonyl (C=O) groups excluding carboxylic acids is 3. The van der Waals surface area contributed by atoms with Gasteiger partial charge in [-0.05, 0) is 75.3 Å². The van der Waals surface area contributed by atoms with E-state index in [2.05, 4.69) is 20.5 Å². The molecule has 15 nitrogen and oxygen atoms in total. The summed E-state index contributed by atoms with van der Waals surface area (Å²) < 4.78 is 29.8. The minimum absolute atomic E-state index is 0.0177. The van der Waals surface area contributed by atoms with E-state index in [1.54, 1.807) is 12.1 Å². The fourth-order valence-electron chi connectivity index (χ4n) is 9.54. The standard InChI is InChI=1S/C42H56ClN5O10/c1-2-55-35-22-34(30-10-11-33(36(43)37(30)45-35)56-17-14-47-12-15-54-16-13-47)57-29-21-32-38(49)46-42(40(51)52)23-27(42)8-6-4-3-5-7-9-31(39(50)48(32)24-29)44-41(53)58-28-19-25-18-26(25)20-28/h10-11,22,25-29,31-32H,2-9,12-21,23-24H2,1H3,(H,44,53)(H,46,49)(H,51,52)/t25-,26+,27-,28?,29+,31-,32-,42+/m0/s1. The summed E-state index contributed by atoms with van der Waals surface area (Å²) in [5.74, 6) is 0.159. The molecule has 1 aromatic heterocycles. The molecule has 316 valence electrons. The topological polar surface area (TPSA) is 178 Å². The van der Waals surface area contributed by atoms with Gasteiger partial charge >= 0.3 is 12.1 Å². The second-order valence-corrected chi connectivity index (χ2v) is 17.3. The molecule has 0 bridgehead atoms. The molecule has 3 aliphatic carbocycles. The maximum atomic E-state index is 14.6. The molecular formula is C42H56ClN5O10. The molecule has 3 amide bonds. The highest BCUT2D eigenvalue weighted by Crippen LogP contribution is 2.52. The number of carbonyl (C=O) groups is 4. The molecule has 8 atom stereocenters. The number of carboxylic acids is 1. The minimum Gasteiger partial charge on any atom is -0.491 e. The van der Waals surface area contributed by atoms with Gasteiger partial charge in [0.05, 0.1) is 26.4 Å². The van der Waals surface area contributed by atoms with Gasteiger partial charge in [-0.15, -0.1) is 0 Å². The van der Waals surface area contributed by atoms with E-state index in [1.807, 2.05) is 13.0 Å². The smallest absolute Gasteiger partial charge is 0.408 e. The lowest BCUT2D eigenvalue weighted by molar-refractivity contribution is -0.146. The number of halogens is 1. The van der Waals surface area contributed by atoms with Crippen molar-refractivity contribution in [2.24, 2.45) is 17.8 Å². The van der Waals surface area contributed by atoms with Gasteiger partial charge in [-0.2, -0.15) is 0 Å². The monoisotopic (exact) mass is 825 g/mol. The Morgan fingerprint density at radius 2 is 1.76 bits per heavy atom. The molecule has 0 spiro atoms. The molecule has 6 fully saturated rings. The maximum absolute atomic E-state index is 14.6. The van der Waals surface area contributed by atoms with Gasteiger partial charge in [-0.25, -0.2) is 14.6 Å². The first-order chi connectivity index (χ1) is 28.1. The van der Waals surface area contributed by atoms with Crippen LogP contribution in [0.15, 0.2) is 18.2 Å². The Morgan fingerprint density at radius 3 is 2.52 bits per heavy atom. The van der Waals surface area contributed by atoms with Gasteiger partial charge in [0.15, 0.2) is 0 Å². The Hall–Kier alpha value is -4.08. The van der Waals surface area contributed by atoms with Gasteiger partial charge in [0.2, 0.25) is 17.7 Å². The third-order valence-electron chi connectivity index (χ3n) is 13.0. The number of ether oxygens (including phenoxy) is 5. The molecule has 3 saturated heterocycles. The van der Waals surface area contributed by atoms with Crippen molar-refractivity contribution in [1.29, 1.82) is 0 Å². The number of benzene rings is 1. The summed E-state index contributed by atoms with van der Waals surface area (Å²) in [4.78, 5) is 63.1. The van der Waals surface area contributed by atoms with Crippen molar-refractivity contribution in [3.63, 3.8) is 0 Å². The second-order valence-electron chi connectivity index (χ2n) is 16.9. The fraction of sp³-hybridized carbons (Fsp3) is 0.690. The summed E-state index contributed by atoms with van der Waals surface area (Å²) in [7, 11) is 0. The quantitative estimate of drug-likeness (QED) is 0.279. The number of alkyl carbamates (subject to hydrolysis) is 1. The average Bonchev–Trinajstić information content (AvgIpc) is 4.01. The Labute approximate surface area is 343 Å². The highest BCUT2D eigenvalue weighted by Gasteiger charge is 2.62. The highest BCUT2D eigenvalue weighted by molar-refractivity contribution is 6.36. The van der Waals surface area contributed by atoms with Crippen LogP contribution >= 0.6 is 11.6 Å². The van der Waals surface area contributed by atoms with Crippen molar-refractivity contribution < 1.29 is 48.0 Å². The lowest BCUT2D eigenvalue weighted by atomic mass is 10.0. The average molecular weight is 826 g/mol. The largest absolute Gasteiger partial charge is 0.491 e. The Balaban J connectivity index is 1.04. The van der Waals surface area contributed by atoms with Crippen LogP contribution in [-0.2, 0) is 23.9 Å². The van der Waals surface area contributed by atoms with Crippen LogP contribution in [0.3, 0.4) is 0 Å². The van der Waals surface area contributed by atoms with E-state index in [0.717, 1.165) is 58.2 Å². The highest BCUT2D eigenvalue weighted by atomic mass is 35.5. The van der Waals surface area contributed by atoms with E-state index in [0.29, 0.717) is 91.4 Å². The number of morpholine rings is 1. The summed E-state index contributed by atoms with van der Waals surface area (Å²) in [5, 5.41) is 16.9. The zero-order valence-electron chi connectivity index (χ0n) is 33.3. The molecule has 6 aliphatic rings. The van der Waals surface area contributed by atoms with Crippen LogP contribution in [0.2, 0.25) is 5.02 Å². The molecule has 0 radical (unpaired) electrons. The van der Waals surface area contributed by atoms with Crippen molar-refractivity contribution in [3.05, 3.63) is 23.2 Å². The number of carboxylic acid groups (broad SMARTS) is 1. The lowest BCUT2D eigenvalue weighted by Gasteiger charge is -2.29. The molecule has 1 unspecified atom stereocenters. The van der Waals surface area contributed by atoms with Crippen molar-refractivity contribution in [2.75, 3.05) is 52.6 Å². The summed E-state index contributed by atoms with van der Waals surface area (Å²) in [6.07, 6.45) is 7.17. The molecule has 3 saturated carbocycles. The first-order valence-electron chi connectivity index (χ1n) is 21.3. The zero-order valence-corrected chi connectivity index (χ0v) is 34.0. The maximum Gasteiger partial charge on any atom is 0.408 e. The lowest BCUT2D eigenvalue weighted by Crippen LogP contribution is -2.56. The number of aliphatic carboxylic acids is 1. The number of amides is 3. The van der Waals surface area contributed by atoms with E-state index in [1.165, 1.54) is 11.3 Å². The third-order valence-corrected chi connectivity index (χ3v) is 13.3. The first-order valence-corrected chi connectivity index (χ1v) is 21.7. The number of fused-ring (bicyclic) bond motifs is 4. The van der Waals surface area contributed by atoms with Crippen molar-refractivity contribution >= 4 is 46.4 Å². The predicted octanol–water partition coefficient (Wildman–Crippen LogP) is 4.94. The van der Waals surface area contributed by atoms with Gasteiger partial charge in [-0.1, -0.05) is 43.7 Å². The number of rotatable bonds is 11. The van der Waals surface area contributed by atoms with Gasteiger partial charge in [-0.3, -0.25) is 14.5 Å². The Morgan fingerprint density at radius 1 is 1.00 bits per heavy atom. The van der Waals surface area contributed by atoms with E-state index >= 15 is 0 Å². The molecule has 3 N–H and O–H groups in total. The van der Waals surface area contributed by atoms with Gasteiger partial charge in [0.1, 0.15) is 58.5 Å². The van der Waals surface area contributed by atoms with Gasteiger partial charge in [0.25, 0.3) is 0 Å². The van der Waals surface area contributed by atoms with Crippen molar-refractivity contribution in [3.8, 4) is 17.4 Å². The van der Waals surface area contributed by atoms with Crippen molar-refractivity contribution in [1.82, 2.24) is 25.4 Å². The summed E-state index contributed by atoms with van der Waals surface area (Å²) in [5.41, 5.74) is -0.959. The van der Waals surface area contributed by atoms with E-state index in [4.69, 9.17) is 35.3 Å². The molecule has 2 aromatic rings. The first kappa shape index (κ1) is 40.7. The van der Waals surface area contributed by atoms with Crippen LogP contribution in [-0.4, -0.2) is 126 Å². The molecule has 8 rings (SSSR count). The third kappa shape index (κ3) is 9.06. The van der Waals surface area contributed by atoms with Crippen LogP contribution in [0.25, 0.3) is 10.9 Å². The molecule has 4 heterocycles. The SMILES string of the molecule is CCOc1cc(O[C@@H]2C[C@H]3C(=O)N[C@]4(C(=O)O)C[C@@H]4CCCCCCC[C@H](NC(=O)OC4C[C@@H]5C[C@@H]5C4)C(=O)N3C2)c2ccc(OCCN3CCOCC3)c(Cl)c2n1. The zero-order chi connectivity index (χ0) is 40.4. The minimum atomic E-state index is -1.37. The fourth-order valence-corrected chi connectivity index (χ4v) is 9.80. The second kappa shape index (κ2) is 17.6. The molecular weight excluding hydrogens is 770 g/mol. The van der Waals surface area contributed by atoms with Crippen LogP contribution in [0.4, 0.5) is 4.79 Å². The van der Waals surface area contributed by atoms with E-state index in [9.17, 15) is 24.3 Å². The number of nitrogens with one attached hydrogen (secondary N) is 2. The predicted molar refractivity (Wildman–Crippen MR) is 212 cm³/mol. The van der Waals surface area contributed by atoms with Crippen LogP contribution in [0.5, 0.6) is 17.4 Å². The van der Waals surface area contributed by atoms with Gasteiger partial charge < -0.3 is 44.3 Å². The molecule has 3 aliphatic heterocycles. The number of pyridine rings is 1. The Bertz CT molecular complexity index is 1850. The Kier molecular flexibility index (Phi) is 12.4. The molecule has 1 aromatic carbocycles. The molecule has 16 heteroatoms. The van der Waals surface area contributed by atoms with Gasteiger partial charge in [0, 0.05) is 37.5 Å². The van der Waals surface area contributed by atoms with Crippen LogP contribution < -0.4 is 24.8 Å². The summed E-state index contributed by atoms with van der Waals surface area (Å²) in [6, 6.07) is 3.28. The van der Waals surface area contributed by atoms with Crippen molar-refractivity contribution in [2.45, 2.75) is 114 Å². The van der Waals surface area contributed by atoms with E-state index in [-0.39, 0.29) is 30.9 Å². The number of aromatic nitrogens is 1. The summed E-state index contributed by atoms with van der Waals surface area (Å²) >= 11 is 6.93. The normalized spacial score (nSPS) is 31.5. The van der Waals surface area contributed by atoms with Crippen LogP contribution in [0.1, 0.15) is 84.0 Å². The number of hydrogen-bond donors (Lipinski definition) is 3. The number of hydrogen-bond acceptors (Lipinski definition) is 11. The number of nitrogens with zero attached hydrogens (tertiary/aromatic N) is 3.